The van der Waals surface area contributed by atoms with E-state index in [4.69, 9.17) is 61.6 Å². The summed E-state index contributed by atoms with van der Waals surface area (Å²) in [6, 6.07) is 33.4. The molecule has 3 aliphatic rings. The Balaban J connectivity index is 0.659. The number of carbonyl (C=O) groups is 6. The lowest BCUT2D eigenvalue weighted by Crippen LogP contribution is -2.53. The monoisotopic (exact) mass is 1410 g/mol. The van der Waals surface area contributed by atoms with Gasteiger partial charge in [0.1, 0.15) is 41.1 Å². The van der Waals surface area contributed by atoms with Gasteiger partial charge in [0.25, 0.3) is 0 Å². The highest BCUT2D eigenvalue weighted by Gasteiger charge is 2.50. The summed E-state index contributed by atoms with van der Waals surface area (Å²) < 4.78 is 85.6. The molecule has 0 radical (unpaired) electrons. The van der Waals surface area contributed by atoms with E-state index in [1.807, 2.05) is 0 Å². The number of hydrogen-bond acceptors (Lipinski definition) is 30. The second kappa shape index (κ2) is 34.0. The van der Waals surface area contributed by atoms with Crippen LogP contribution in [0, 0.1) is 6.92 Å². The molecule has 12 rings (SSSR count). The maximum absolute atomic E-state index is 13.8. The van der Waals surface area contributed by atoms with Crippen LogP contribution in [0.25, 0.3) is 0 Å². The minimum absolute atomic E-state index is 0.0293. The van der Waals surface area contributed by atoms with Crippen LogP contribution in [0.2, 0.25) is 0 Å². The summed E-state index contributed by atoms with van der Waals surface area (Å²) >= 11 is 0. The molecule has 3 aliphatic heterocycles. The van der Waals surface area contributed by atoms with Gasteiger partial charge in [-0.25, -0.2) is 42.6 Å². The molecule has 0 spiro atoms. The van der Waals surface area contributed by atoms with Crippen LogP contribution in [-0.2, 0) is 124 Å². The minimum Gasteiger partial charge on any atom is -0.456 e. The lowest BCUT2D eigenvalue weighted by molar-refractivity contribution is -0.287. The minimum atomic E-state index is -1.55. The van der Waals surface area contributed by atoms with Crippen LogP contribution in [0.15, 0.2) is 152 Å². The van der Waals surface area contributed by atoms with Crippen LogP contribution in [0.1, 0.15) is 103 Å². The Morgan fingerprint density at radius 2 is 0.873 bits per heavy atom. The second-order valence-corrected chi connectivity index (χ2v) is 23.7. The van der Waals surface area contributed by atoms with Crippen molar-refractivity contribution < 1.29 is 95.5 Å². The molecule has 102 heavy (non-hydrogen) atoms. The second-order valence-electron chi connectivity index (χ2n) is 23.7. The van der Waals surface area contributed by atoms with Gasteiger partial charge in [-0.1, -0.05) is 98.9 Å². The Kier molecular flexibility index (Phi) is 23.6. The topological polar surface area (TPSA) is 396 Å². The van der Waals surface area contributed by atoms with Crippen LogP contribution >= 0.6 is 0 Å². The fraction of sp³-hybridized carbons (Fsp3) is 0.403. The van der Waals surface area contributed by atoms with Crippen molar-refractivity contribution in [2.24, 2.45) is 0 Å². The van der Waals surface area contributed by atoms with Crippen LogP contribution < -0.4 is 0 Å². The van der Waals surface area contributed by atoms with E-state index < -0.39 is 110 Å². The highest BCUT2D eigenvalue weighted by Crippen LogP contribution is 2.35. The van der Waals surface area contributed by atoms with Crippen molar-refractivity contribution in [1.29, 1.82) is 0 Å². The lowest BCUT2D eigenvalue weighted by Gasteiger charge is -2.40. The molecular weight excluding hydrogens is 1330 g/mol. The number of esters is 6. The molecule has 0 bridgehead atoms. The molecule has 0 aliphatic carbocycles. The fourth-order valence-electron chi connectivity index (χ4n) is 11.3. The van der Waals surface area contributed by atoms with Crippen LogP contribution in [-0.4, -0.2) is 197 Å². The quantitative estimate of drug-likeness (QED) is 0.0368. The van der Waals surface area contributed by atoms with E-state index in [1.165, 1.54) is 16.3 Å². The van der Waals surface area contributed by atoms with E-state index >= 15 is 0 Å². The molecule has 3 fully saturated rings. The summed E-state index contributed by atoms with van der Waals surface area (Å²) in [5, 5.41) is 52.7. The fourth-order valence-corrected chi connectivity index (χ4v) is 11.3. The van der Waals surface area contributed by atoms with Gasteiger partial charge in [-0.3, -0.25) is 9.59 Å². The first-order valence-corrected chi connectivity index (χ1v) is 32.5. The Morgan fingerprint density at radius 3 is 1.38 bits per heavy atom. The Bertz CT molecular complexity index is 4240. The number of rotatable bonds is 31. The summed E-state index contributed by atoms with van der Waals surface area (Å²) in [4.78, 5) is 78.4. The van der Waals surface area contributed by atoms with Gasteiger partial charge < -0.3 is 66.7 Å². The summed E-state index contributed by atoms with van der Waals surface area (Å²) in [6.07, 6.45) is -5.61. The summed E-state index contributed by atoms with van der Waals surface area (Å²) in [5.41, 5.74) is 3.26. The molecular formula is C67H71N15O20. The number of aryl methyl sites for hydroxylation is 1. The van der Waals surface area contributed by atoms with E-state index in [-0.39, 0.29) is 88.8 Å². The zero-order valence-electron chi connectivity index (χ0n) is 55.3. The van der Waals surface area contributed by atoms with E-state index in [1.54, 1.807) is 173 Å². The number of aliphatic hydroxyl groups is 1. The molecule has 4 aromatic carbocycles. The predicted octanol–water partition coefficient (Wildman–Crippen LogP) is 3.66. The number of carbonyl (C=O) groups excluding carboxylic acids is 6. The van der Waals surface area contributed by atoms with Crippen molar-refractivity contribution in [2.45, 2.75) is 160 Å². The third kappa shape index (κ3) is 19.1. The van der Waals surface area contributed by atoms with Gasteiger partial charge in [-0.2, -0.15) is 0 Å². The Morgan fingerprint density at radius 1 is 0.441 bits per heavy atom. The first-order valence-electron chi connectivity index (χ1n) is 32.5. The zero-order valence-corrected chi connectivity index (χ0v) is 55.3. The standard InChI is InChI=1S/C67H71N15O20/c1-41-30-80(73-68-41)35-52-28-53(97-61(85)44-16-8-4-9-17-44)58(101-63(87)46-20-12-6-13-21-46)66(96-52)92-39-49-31-78(74-70-49)24-26-90-27-25-79-32-50(71-75-79)40-93-67-59(102-64(88)47-22-14-7-15-23-47)54(98-62(86)45-18-10-5-11-19-45)29-56(100-67)82-34-51(72-77-82)38-91-37-48-33-81(76-69-48)36-55-57(94-42(2)83)60(65(89)99-55)95-43(3)84/h4-23,30-34,52-60,65-67,89H,24-29,35-40H2,1-3H3/t52-,53-,54-,55?,56-,57+,58-,59-,60-,65?,66+,67+/m0/s1. The molecule has 1 N–H and O–H groups in total. The average Bonchev–Trinajstić information content (AvgIpc) is 1.17. The SMILES string of the molecule is CC(=O)O[C@@H]1C(O)OC(Cn2cc(COCc3cn([C@@H]4C[C@H](OC(=O)c5ccccc5)[C@H](OC(=O)c5ccccc5)[C@H](OCc5cn(CCOCCn6cc(CO[C@@H]7O[C@H](Cn8cc(C)nn8)C[C@H](OC(=O)c8ccccc8)[C@@H]7OC(=O)c7ccccc7)nn6)nn5)O4)nn3)nn2)[C@H]1OC(C)=O. The molecule has 5 aromatic heterocycles. The third-order valence-electron chi connectivity index (χ3n) is 16.0. The summed E-state index contributed by atoms with van der Waals surface area (Å²) in [5.74, 6) is -4.10. The molecule has 2 unspecified atom stereocenters. The van der Waals surface area contributed by atoms with Crippen molar-refractivity contribution in [1.82, 2.24) is 75.0 Å². The smallest absolute Gasteiger partial charge is 0.338 e. The number of nitrogens with zero attached hydrogens (tertiary/aromatic N) is 15. The third-order valence-corrected chi connectivity index (χ3v) is 16.0. The van der Waals surface area contributed by atoms with Crippen LogP contribution in [0.4, 0.5) is 0 Å². The average molecular weight is 1410 g/mol. The van der Waals surface area contributed by atoms with Crippen LogP contribution in [0.5, 0.6) is 0 Å². The lowest BCUT2D eigenvalue weighted by atomic mass is 10.0. The van der Waals surface area contributed by atoms with Crippen molar-refractivity contribution in [3.8, 4) is 0 Å². The molecule has 9 aromatic rings. The van der Waals surface area contributed by atoms with Crippen molar-refractivity contribution in [2.75, 3.05) is 13.2 Å². The number of aliphatic hydroxyl groups excluding tert-OH is 1. The molecule has 0 amide bonds. The largest absolute Gasteiger partial charge is 0.456 e. The van der Waals surface area contributed by atoms with E-state index in [0.717, 1.165) is 6.92 Å². The normalized spacial score (nSPS) is 22.5. The molecule has 534 valence electrons. The maximum Gasteiger partial charge on any atom is 0.338 e. The first-order chi connectivity index (χ1) is 49.6. The van der Waals surface area contributed by atoms with Gasteiger partial charge >= 0.3 is 35.8 Å². The highest BCUT2D eigenvalue weighted by atomic mass is 16.7. The van der Waals surface area contributed by atoms with Gasteiger partial charge in [0.05, 0.1) is 125 Å². The zero-order chi connectivity index (χ0) is 70.9. The molecule has 3 saturated heterocycles. The van der Waals surface area contributed by atoms with Crippen molar-refractivity contribution >= 4 is 35.8 Å². The van der Waals surface area contributed by atoms with Crippen molar-refractivity contribution in [3.05, 3.63) is 203 Å². The summed E-state index contributed by atoms with van der Waals surface area (Å²) in [7, 11) is 0. The Hall–Kier alpha value is -10.9. The highest BCUT2D eigenvalue weighted by molar-refractivity contribution is 5.91. The van der Waals surface area contributed by atoms with Gasteiger partial charge in [0, 0.05) is 32.9 Å². The molecule has 8 heterocycles. The molecule has 35 heteroatoms. The van der Waals surface area contributed by atoms with Gasteiger partial charge in [-0.05, 0) is 55.5 Å². The maximum atomic E-state index is 13.8. The Labute approximate surface area is 580 Å². The summed E-state index contributed by atoms with van der Waals surface area (Å²) in [6.45, 7) is 4.88. The number of benzene rings is 4. The number of hydrogen-bond donors (Lipinski definition) is 1. The van der Waals surface area contributed by atoms with Gasteiger partial charge in [0.2, 0.25) is 6.29 Å². The predicted molar refractivity (Wildman–Crippen MR) is 340 cm³/mol. The number of ether oxygens (including phenoxy) is 13. The van der Waals surface area contributed by atoms with Crippen LogP contribution in [0.3, 0.4) is 0 Å². The molecule has 12 atom stereocenters. The van der Waals surface area contributed by atoms with E-state index in [9.17, 15) is 33.9 Å². The van der Waals surface area contributed by atoms with Gasteiger partial charge in [0.15, 0.2) is 43.2 Å². The first kappa shape index (κ1) is 70.9. The van der Waals surface area contributed by atoms with E-state index in [2.05, 4.69) is 51.6 Å². The van der Waals surface area contributed by atoms with E-state index in [0.29, 0.717) is 40.6 Å². The van der Waals surface area contributed by atoms with Gasteiger partial charge in [-0.15, -0.1) is 25.5 Å². The molecule has 35 nitrogen and oxygen atoms in total. The molecule has 0 saturated carbocycles. The number of aromatic nitrogens is 15. The van der Waals surface area contributed by atoms with Crippen molar-refractivity contribution in [3.63, 3.8) is 0 Å².